The van der Waals surface area contributed by atoms with Gasteiger partial charge in [0.1, 0.15) is 11.5 Å². The second-order valence-corrected chi connectivity index (χ2v) is 10.0. The van der Waals surface area contributed by atoms with E-state index in [0.717, 1.165) is 23.0 Å². The lowest BCUT2D eigenvalue weighted by Crippen LogP contribution is -2.38. The summed E-state index contributed by atoms with van der Waals surface area (Å²) in [6, 6.07) is 7.10. The summed E-state index contributed by atoms with van der Waals surface area (Å²) in [4.78, 5) is 21.1. The Bertz CT molecular complexity index is 1160. The van der Waals surface area contributed by atoms with Crippen molar-refractivity contribution in [3.63, 3.8) is 0 Å². The quantitative estimate of drug-likeness (QED) is 0.462. The number of nitrogens with two attached hydrogens (primary N) is 1. The minimum absolute atomic E-state index is 0.0317. The van der Waals surface area contributed by atoms with Gasteiger partial charge in [0.2, 0.25) is 5.92 Å². The normalized spacial score (nSPS) is 20.7. The second-order valence-electron chi connectivity index (χ2n) is 10.0. The van der Waals surface area contributed by atoms with Crippen molar-refractivity contribution >= 4 is 16.9 Å². The highest BCUT2D eigenvalue weighted by Crippen LogP contribution is 2.41. The van der Waals surface area contributed by atoms with Crippen LogP contribution in [0.2, 0.25) is 0 Å². The zero-order valence-corrected chi connectivity index (χ0v) is 19.4. The van der Waals surface area contributed by atoms with Crippen LogP contribution in [-0.4, -0.2) is 31.6 Å². The molecule has 2 unspecified atom stereocenters. The summed E-state index contributed by atoms with van der Waals surface area (Å²) in [7, 11) is 1.70. The van der Waals surface area contributed by atoms with Gasteiger partial charge in [-0.1, -0.05) is 25.3 Å². The molecule has 1 aromatic carbocycles. The molecule has 2 aliphatic rings. The van der Waals surface area contributed by atoms with Crippen molar-refractivity contribution in [2.24, 2.45) is 24.6 Å². The van der Waals surface area contributed by atoms with E-state index in [4.69, 9.17) is 10.7 Å². The molecule has 2 fully saturated rings. The van der Waals surface area contributed by atoms with E-state index in [1.165, 1.54) is 23.9 Å². The maximum absolute atomic E-state index is 13.9. The second kappa shape index (κ2) is 9.09. The number of carbonyl (C=O) groups excluding carboxylic acids is 1. The van der Waals surface area contributed by atoms with Crippen LogP contribution < -0.4 is 11.1 Å². The van der Waals surface area contributed by atoms with Crippen LogP contribution in [-0.2, 0) is 7.05 Å². The number of hydrogen-bond acceptors (Lipinski definition) is 4. The van der Waals surface area contributed by atoms with Crippen LogP contribution in [0.4, 0.5) is 8.78 Å². The van der Waals surface area contributed by atoms with Gasteiger partial charge in [0.15, 0.2) is 0 Å². The number of nitrogens with one attached hydrogen (secondary N) is 2. The Balaban J connectivity index is 1.41. The highest BCUT2D eigenvalue weighted by molar-refractivity contribution is 5.92. The molecule has 1 amide bonds. The van der Waals surface area contributed by atoms with E-state index in [1.54, 1.807) is 19.3 Å². The predicted molar refractivity (Wildman–Crippen MR) is 125 cm³/mol. The zero-order valence-electron chi connectivity index (χ0n) is 19.4. The third-order valence-corrected chi connectivity index (χ3v) is 7.63. The van der Waals surface area contributed by atoms with Gasteiger partial charge in [-0.15, -0.1) is 0 Å². The fourth-order valence-corrected chi connectivity index (χ4v) is 5.26. The summed E-state index contributed by atoms with van der Waals surface area (Å²) < 4.78 is 29.2. The predicted octanol–water partition coefficient (Wildman–Crippen LogP) is 4.78. The third-order valence-electron chi connectivity index (χ3n) is 7.63. The molecule has 2 heterocycles. The summed E-state index contributed by atoms with van der Waals surface area (Å²) in [5.74, 6) is -1.79. The zero-order chi connectivity index (χ0) is 23.9. The van der Waals surface area contributed by atoms with Crippen molar-refractivity contribution in [1.82, 2.24) is 25.1 Å². The molecule has 0 saturated heterocycles. The molecule has 0 aliphatic heterocycles. The van der Waals surface area contributed by atoms with Gasteiger partial charge in [0.25, 0.3) is 5.91 Å². The van der Waals surface area contributed by atoms with E-state index >= 15 is 0 Å². The van der Waals surface area contributed by atoms with E-state index in [0.29, 0.717) is 30.3 Å². The number of nitrogens with zero attached hydrogens (tertiary/aromatic N) is 3. The molecule has 2 aliphatic carbocycles. The maximum Gasteiger partial charge on any atom is 0.270 e. The fourth-order valence-electron chi connectivity index (χ4n) is 5.26. The van der Waals surface area contributed by atoms with Crippen LogP contribution in [0, 0.1) is 11.8 Å². The number of aromatic nitrogens is 4. The summed E-state index contributed by atoms with van der Waals surface area (Å²) >= 11 is 0. The number of benzene rings is 1. The molecule has 34 heavy (non-hydrogen) atoms. The first-order valence-corrected chi connectivity index (χ1v) is 12.2. The molecule has 5 rings (SSSR count). The highest BCUT2D eigenvalue weighted by atomic mass is 19.3. The fraction of sp³-hybridized carbons (Fsp3) is 0.560. The Hall–Kier alpha value is -2.81. The third kappa shape index (κ3) is 4.71. The maximum atomic E-state index is 13.9. The Morgan fingerprint density at radius 3 is 2.68 bits per heavy atom. The van der Waals surface area contributed by atoms with Crippen LogP contribution in [0.25, 0.3) is 11.0 Å². The van der Waals surface area contributed by atoms with Gasteiger partial charge < -0.3 is 16.0 Å². The van der Waals surface area contributed by atoms with Crippen molar-refractivity contribution in [3.05, 3.63) is 47.5 Å². The van der Waals surface area contributed by atoms with Crippen LogP contribution in [0.3, 0.4) is 0 Å². The van der Waals surface area contributed by atoms with Crippen molar-refractivity contribution < 1.29 is 13.6 Å². The first-order valence-electron chi connectivity index (χ1n) is 12.2. The molecule has 2 aromatic heterocycles. The molecule has 9 heteroatoms. The topological polar surface area (TPSA) is 102 Å². The van der Waals surface area contributed by atoms with Gasteiger partial charge in [-0.05, 0) is 54.9 Å². The molecule has 2 saturated carbocycles. The molecule has 7 nitrogen and oxygen atoms in total. The summed E-state index contributed by atoms with van der Waals surface area (Å²) in [5, 5.41) is 7.11. The number of hydrogen-bond donors (Lipinski definition) is 3. The van der Waals surface area contributed by atoms with Crippen molar-refractivity contribution in [1.29, 1.82) is 0 Å². The van der Waals surface area contributed by atoms with Gasteiger partial charge in [-0.25, -0.2) is 13.8 Å². The standard InChI is InChI=1S/C25H32F2N6O/c1-33-21(9-12-29-33)24(34)32-22(16-7-10-25(26,27)11-8-16)23-30-19-6-5-17(14-20(19)31-23)18(28)13-15-3-2-4-15/h5-6,9,12,14-16,18,22H,2-4,7-8,10-11,13,28H2,1H3,(H,30,31)(H,32,34). The Morgan fingerprint density at radius 2 is 2.03 bits per heavy atom. The number of halogens is 2. The van der Waals surface area contributed by atoms with Gasteiger partial charge in [-0.2, -0.15) is 5.10 Å². The Kier molecular flexibility index (Phi) is 6.14. The summed E-state index contributed by atoms with van der Waals surface area (Å²) in [6.45, 7) is 0. The minimum atomic E-state index is -2.65. The molecule has 4 N–H and O–H groups in total. The number of aromatic amines is 1. The average Bonchev–Trinajstić information content (AvgIpc) is 3.40. The first kappa shape index (κ1) is 23.0. The largest absolute Gasteiger partial charge is 0.340 e. The van der Waals surface area contributed by atoms with E-state index in [9.17, 15) is 13.6 Å². The van der Waals surface area contributed by atoms with Crippen molar-refractivity contribution in [2.45, 2.75) is 69.4 Å². The monoisotopic (exact) mass is 470 g/mol. The molecule has 2 atom stereocenters. The highest BCUT2D eigenvalue weighted by Gasteiger charge is 2.39. The van der Waals surface area contributed by atoms with Crippen LogP contribution >= 0.6 is 0 Å². The summed E-state index contributed by atoms with van der Waals surface area (Å²) in [6.07, 6.45) is 6.59. The molecular formula is C25H32F2N6O. The lowest BCUT2D eigenvalue weighted by Gasteiger charge is -2.33. The number of fused-ring (bicyclic) bond motifs is 1. The van der Waals surface area contributed by atoms with E-state index < -0.39 is 12.0 Å². The van der Waals surface area contributed by atoms with Gasteiger partial charge in [0, 0.05) is 32.1 Å². The van der Waals surface area contributed by atoms with E-state index in [2.05, 4.69) is 15.4 Å². The number of rotatable bonds is 7. The molecule has 0 spiro atoms. The number of amides is 1. The summed E-state index contributed by atoms with van der Waals surface area (Å²) in [5.41, 5.74) is 9.54. The average molecular weight is 471 g/mol. The number of carbonyl (C=O) groups is 1. The van der Waals surface area contributed by atoms with Crippen LogP contribution in [0.5, 0.6) is 0 Å². The number of aryl methyl sites for hydroxylation is 1. The number of imidazole rings is 1. The molecule has 0 radical (unpaired) electrons. The SMILES string of the molecule is Cn1nccc1C(=O)NC(c1nc2cc(C(N)CC3CCC3)ccc2[nH]1)C1CCC(F)(F)CC1. The van der Waals surface area contributed by atoms with Crippen LogP contribution in [0.15, 0.2) is 30.5 Å². The Labute approximate surface area is 197 Å². The van der Waals surface area contributed by atoms with Gasteiger partial charge in [0.05, 0.1) is 17.1 Å². The smallest absolute Gasteiger partial charge is 0.270 e. The first-order chi connectivity index (χ1) is 16.3. The molecular weight excluding hydrogens is 438 g/mol. The van der Waals surface area contributed by atoms with Gasteiger partial charge in [-0.3, -0.25) is 9.48 Å². The van der Waals surface area contributed by atoms with Crippen LogP contribution in [0.1, 0.15) is 85.3 Å². The molecule has 182 valence electrons. The Morgan fingerprint density at radius 1 is 1.26 bits per heavy atom. The molecule has 0 bridgehead atoms. The minimum Gasteiger partial charge on any atom is -0.340 e. The van der Waals surface area contributed by atoms with E-state index in [-0.39, 0.29) is 30.7 Å². The lowest BCUT2D eigenvalue weighted by molar-refractivity contribution is -0.0496. The number of H-pyrrole nitrogens is 1. The van der Waals surface area contributed by atoms with E-state index in [1.807, 2.05) is 18.2 Å². The lowest BCUT2D eigenvalue weighted by atomic mass is 9.80. The number of alkyl halides is 2. The van der Waals surface area contributed by atoms with Gasteiger partial charge >= 0.3 is 0 Å². The molecule has 3 aromatic rings. The van der Waals surface area contributed by atoms with Crippen molar-refractivity contribution in [2.75, 3.05) is 0 Å². The van der Waals surface area contributed by atoms with Crippen molar-refractivity contribution in [3.8, 4) is 0 Å².